The van der Waals surface area contributed by atoms with E-state index in [1.165, 1.54) is 78.3 Å². The van der Waals surface area contributed by atoms with Crippen molar-refractivity contribution in [2.45, 2.75) is 96.8 Å². The van der Waals surface area contributed by atoms with E-state index >= 15 is 0 Å². The Morgan fingerprint density at radius 2 is 1.20 bits per heavy atom. The fraction of sp³-hybridized carbons (Fsp3) is 0.217. The molecule has 4 heterocycles. The van der Waals surface area contributed by atoms with Gasteiger partial charge in [-0.3, -0.25) is 0 Å². The van der Waals surface area contributed by atoms with Crippen LogP contribution in [-0.4, -0.2) is 11.8 Å². The van der Waals surface area contributed by atoms with Gasteiger partial charge >= 0.3 is 0 Å². The van der Waals surface area contributed by atoms with Gasteiger partial charge in [-0.2, -0.15) is 0 Å². The molecule has 0 saturated carbocycles. The quantitative estimate of drug-likeness (QED) is 0.179. The second-order valence-corrected chi connectivity index (χ2v) is 24.6. The molecule has 3 aromatic heterocycles. The molecule has 1 aliphatic heterocycles. The maximum Gasteiger partial charge on any atom is 0.198 e. The van der Waals surface area contributed by atoms with Gasteiger partial charge in [0.05, 0.1) is 5.52 Å². The number of nitrogens with zero attached hydrogens (tertiary/aromatic N) is 1. The third kappa shape index (κ3) is 6.04. The molecule has 1 N–H and O–H groups in total. The van der Waals surface area contributed by atoms with E-state index in [1.807, 2.05) is 0 Å². The topological polar surface area (TPSA) is 43.2 Å². The van der Waals surface area contributed by atoms with E-state index in [0.29, 0.717) is 0 Å². The molecule has 359 valence electrons. The second-order valence-electron chi connectivity index (χ2n) is 24.6. The molecule has 2 aliphatic carbocycles. The van der Waals surface area contributed by atoms with Crippen molar-refractivity contribution in [2.24, 2.45) is 0 Å². The van der Waals surface area contributed by atoms with Crippen LogP contribution in [0.2, 0.25) is 0 Å². The lowest BCUT2D eigenvalue weighted by Crippen LogP contribution is -2.37. The molecule has 0 spiro atoms. The monoisotopic (exact) mass is 957 g/mol. The number of furan rings is 2. The second kappa shape index (κ2) is 14.7. The van der Waals surface area contributed by atoms with Crippen molar-refractivity contribution in [3.05, 3.63) is 186 Å². The predicted molar refractivity (Wildman–Crippen MR) is 313 cm³/mol. The summed E-state index contributed by atoms with van der Waals surface area (Å²) in [7, 11) is 2.45. The Morgan fingerprint density at radius 1 is 0.527 bits per heavy atom. The van der Waals surface area contributed by atoms with Crippen LogP contribution < -0.4 is 16.2 Å². The first-order valence-corrected chi connectivity index (χ1v) is 26.6. The molecule has 0 amide bonds. The summed E-state index contributed by atoms with van der Waals surface area (Å²) in [6.07, 6.45) is 2.34. The van der Waals surface area contributed by atoms with Crippen LogP contribution >= 0.6 is 0 Å². The minimum absolute atomic E-state index is 0.0604. The highest BCUT2D eigenvalue weighted by Gasteiger charge is 2.44. The van der Waals surface area contributed by atoms with Crippen molar-refractivity contribution in [3.8, 4) is 39.1 Å². The van der Waals surface area contributed by atoms with Crippen LogP contribution in [0.25, 0.3) is 105 Å². The molecule has 0 unspecified atom stereocenters. The Morgan fingerprint density at radius 3 is 1.97 bits per heavy atom. The molecule has 5 heteroatoms. The number of rotatable bonds is 4. The van der Waals surface area contributed by atoms with E-state index in [2.05, 4.69) is 237 Å². The minimum Gasteiger partial charge on any atom is -0.456 e. The predicted octanol–water partition coefficient (Wildman–Crippen LogP) is 17.6. The SMILES string of the molecule is CC(C)(C)c1ccc2c(c1)c1c3c(oc4ccccc43)c(-c3cc4c(cc3Nc3cccc(-c5ccccc5)c3)C(C)(C)c3cc5c(cc3-4)C(C)(C)CCC5(C)C)c3c1n2-c1cc2oc4ccccc4c2cc1[B]3. The summed E-state index contributed by atoms with van der Waals surface area (Å²) in [4.78, 5) is 0. The Labute approximate surface area is 433 Å². The van der Waals surface area contributed by atoms with Crippen LogP contribution in [0.3, 0.4) is 0 Å². The van der Waals surface area contributed by atoms with Crippen LogP contribution in [0.15, 0.2) is 167 Å². The van der Waals surface area contributed by atoms with E-state index in [0.717, 1.165) is 89.4 Å². The van der Waals surface area contributed by atoms with Crippen molar-refractivity contribution in [2.75, 3.05) is 5.32 Å². The highest BCUT2D eigenvalue weighted by atomic mass is 16.3. The van der Waals surface area contributed by atoms with Gasteiger partial charge in [-0.1, -0.05) is 165 Å². The zero-order valence-corrected chi connectivity index (χ0v) is 43.8. The molecule has 0 saturated heterocycles. The third-order valence-corrected chi connectivity index (χ3v) is 17.8. The number of para-hydroxylation sites is 2. The number of fused-ring (bicyclic) bond motifs is 16. The van der Waals surface area contributed by atoms with Crippen LogP contribution in [0.4, 0.5) is 11.4 Å². The van der Waals surface area contributed by atoms with Gasteiger partial charge in [0.15, 0.2) is 7.28 Å². The maximum absolute atomic E-state index is 7.44. The summed E-state index contributed by atoms with van der Waals surface area (Å²) in [5, 5.41) is 11.0. The molecule has 0 bridgehead atoms. The number of anilines is 2. The van der Waals surface area contributed by atoms with Crippen molar-refractivity contribution < 1.29 is 8.83 Å². The first-order chi connectivity index (χ1) is 35.5. The fourth-order valence-corrected chi connectivity index (χ4v) is 13.6. The van der Waals surface area contributed by atoms with E-state index in [9.17, 15) is 0 Å². The van der Waals surface area contributed by atoms with Gasteiger partial charge in [0.2, 0.25) is 0 Å². The largest absolute Gasteiger partial charge is 0.456 e. The number of aromatic nitrogens is 1. The summed E-state index contributed by atoms with van der Waals surface area (Å²) >= 11 is 0. The molecule has 1 radical (unpaired) electrons. The number of hydrogen-bond acceptors (Lipinski definition) is 3. The number of benzene rings is 9. The van der Waals surface area contributed by atoms with Gasteiger partial charge in [-0.05, 0) is 139 Å². The van der Waals surface area contributed by atoms with E-state index < -0.39 is 0 Å². The average Bonchev–Trinajstić information content (AvgIpc) is 4.11. The normalized spacial score (nSPS) is 16.0. The van der Waals surface area contributed by atoms with Gasteiger partial charge in [-0.25, -0.2) is 0 Å². The van der Waals surface area contributed by atoms with Crippen LogP contribution in [0.1, 0.15) is 103 Å². The lowest BCUT2D eigenvalue weighted by atomic mass is 9.58. The summed E-state index contributed by atoms with van der Waals surface area (Å²) in [6.45, 7) is 21.6. The maximum atomic E-state index is 7.44. The molecule has 0 atom stereocenters. The fourth-order valence-electron chi connectivity index (χ4n) is 13.6. The van der Waals surface area contributed by atoms with Crippen molar-refractivity contribution in [1.29, 1.82) is 0 Å². The molecule has 9 aromatic carbocycles. The summed E-state index contributed by atoms with van der Waals surface area (Å²) in [6, 6.07) is 58.7. The zero-order valence-electron chi connectivity index (χ0n) is 43.8. The van der Waals surface area contributed by atoms with Crippen LogP contribution in [0, 0.1) is 0 Å². The third-order valence-electron chi connectivity index (χ3n) is 17.8. The molecule has 74 heavy (non-hydrogen) atoms. The Balaban J connectivity index is 1.09. The van der Waals surface area contributed by atoms with Gasteiger partial charge < -0.3 is 18.7 Å². The van der Waals surface area contributed by atoms with Crippen molar-refractivity contribution in [1.82, 2.24) is 4.57 Å². The summed E-state index contributed by atoms with van der Waals surface area (Å²) in [5.41, 5.74) is 25.4. The van der Waals surface area contributed by atoms with Crippen molar-refractivity contribution >= 4 is 95.3 Å². The standard InChI is InChI=1S/C69H58BN2O2/c1-66(2,3)40-26-27-55-48(31-40)60-61-43-23-14-16-25-58(43)74-65(61)62(63-64(60)72(55)56-37-59-46(34-53(56)70-63)42-22-13-15-24-57(42)73-59)47-32-44-45-33-51-52(68(6,7)29-28-67(51,4)5)35-49(45)69(8,9)50(44)36-54(47)71-41-21-17-20-39(30-41)38-18-11-10-12-19-38/h10-27,30-37,71H,28-29H2,1-9H3. The van der Waals surface area contributed by atoms with Crippen molar-refractivity contribution in [3.63, 3.8) is 0 Å². The van der Waals surface area contributed by atoms with E-state index in [1.54, 1.807) is 0 Å². The van der Waals surface area contributed by atoms with E-state index in [-0.39, 0.29) is 21.7 Å². The zero-order chi connectivity index (χ0) is 50.4. The summed E-state index contributed by atoms with van der Waals surface area (Å²) in [5.74, 6) is 0. The molecule has 3 aliphatic rings. The molecule has 4 nitrogen and oxygen atoms in total. The Bertz CT molecular complexity index is 4430. The van der Waals surface area contributed by atoms with Crippen LogP contribution in [0.5, 0.6) is 0 Å². The van der Waals surface area contributed by atoms with Gasteiger partial charge in [0, 0.05) is 77.5 Å². The van der Waals surface area contributed by atoms with Crippen LogP contribution in [-0.2, 0) is 21.7 Å². The molecule has 12 aromatic rings. The first-order valence-electron chi connectivity index (χ1n) is 26.6. The van der Waals surface area contributed by atoms with Gasteiger partial charge in [0.25, 0.3) is 0 Å². The van der Waals surface area contributed by atoms with Gasteiger partial charge in [-0.15, -0.1) is 0 Å². The molecular weight excluding hydrogens is 900 g/mol. The minimum atomic E-state index is -0.258. The summed E-state index contributed by atoms with van der Waals surface area (Å²) < 4.78 is 16.6. The first kappa shape index (κ1) is 43.8. The van der Waals surface area contributed by atoms with Gasteiger partial charge in [0.1, 0.15) is 22.3 Å². The number of hydrogen-bond donors (Lipinski definition) is 1. The highest BCUT2D eigenvalue weighted by molar-refractivity contribution is 6.74. The lowest BCUT2D eigenvalue weighted by molar-refractivity contribution is 0.331. The molecule has 15 rings (SSSR count). The highest BCUT2D eigenvalue weighted by Crippen LogP contribution is 2.57. The molecule has 0 fully saturated rings. The average molecular weight is 958 g/mol. The Hall–Kier alpha value is -7.76. The molecular formula is C69H58BN2O2. The lowest BCUT2D eigenvalue weighted by Gasteiger charge is -2.42. The van der Waals surface area contributed by atoms with E-state index in [4.69, 9.17) is 8.83 Å². The number of nitrogens with one attached hydrogen (secondary N) is 1. The smallest absolute Gasteiger partial charge is 0.198 e. The Kier molecular flexibility index (Phi) is 8.71.